The number of alkyl halides is 1. The number of halogens is 1. The van der Waals surface area contributed by atoms with Crippen LogP contribution in [0.15, 0.2) is 42.7 Å². The lowest BCUT2D eigenvalue weighted by Gasteiger charge is -2.08. The SMILES string of the molecule is BrCc1ccccc1OCc1ncccn1. The first-order valence-corrected chi connectivity index (χ1v) is 6.05. The van der Waals surface area contributed by atoms with Crippen LogP contribution in [0.25, 0.3) is 0 Å². The first-order valence-electron chi connectivity index (χ1n) is 4.92. The third kappa shape index (κ3) is 2.79. The summed E-state index contributed by atoms with van der Waals surface area (Å²) in [5.74, 6) is 1.55. The van der Waals surface area contributed by atoms with Gasteiger partial charge in [0.25, 0.3) is 0 Å². The highest BCUT2D eigenvalue weighted by Crippen LogP contribution is 2.20. The molecule has 1 aromatic heterocycles. The summed E-state index contributed by atoms with van der Waals surface area (Å²) in [4.78, 5) is 8.20. The fourth-order valence-corrected chi connectivity index (χ4v) is 1.77. The molecule has 2 aromatic rings. The summed E-state index contributed by atoms with van der Waals surface area (Å²) in [7, 11) is 0. The van der Waals surface area contributed by atoms with E-state index in [4.69, 9.17) is 4.74 Å². The Balaban J connectivity index is 2.05. The summed E-state index contributed by atoms with van der Waals surface area (Å²) in [6, 6.07) is 9.70. The molecule has 0 aliphatic rings. The van der Waals surface area contributed by atoms with Crippen LogP contribution >= 0.6 is 15.9 Å². The van der Waals surface area contributed by atoms with Crippen molar-refractivity contribution >= 4 is 15.9 Å². The molecule has 3 nitrogen and oxygen atoms in total. The van der Waals surface area contributed by atoms with E-state index in [2.05, 4.69) is 25.9 Å². The van der Waals surface area contributed by atoms with Crippen molar-refractivity contribution in [1.82, 2.24) is 9.97 Å². The molecule has 0 bridgehead atoms. The molecule has 0 spiro atoms. The molecule has 0 aliphatic heterocycles. The van der Waals surface area contributed by atoms with E-state index in [9.17, 15) is 0 Å². The summed E-state index contributed by atoms with van der Waals surface area (Å²) in [5.41, 5.74) is 1.12. The van der Waals surface area contributed by atoms with Crippen LogP contribution in [-0.2, 0) is 11.9 Å². The van der Waals surface area contributed by atoms with Crippen molar-refractivity contribution in [2.24, 2.45) is 0 Å². The van der Waals surface area contributed by atoms with Gasteiger partial charge in [-0.3, -0.25) is 0 Å². The number of hydrogen-bond acceptors (Lipinski definition) is 3. The molecule has 1 aromatic carbocycles. The molecule has 0 radical (unpaired) electrons. The lowest BCUT2D eigenvalue weighted by molar-refractivity contribution is 0.293. The highest BCUT2D eigenvalue weighted by molar-refractivity contribution is 9.08. The molecular formula is C12H11BrN2O. The Morgan fingerprint density at radius 1 is 1.06 bits per heavy atom. The van der Waals surface area contributed by atoms with E-state index in [1.807, 2.05) is 24.3 Å². The van der Waals surface area contributed by atoms with Crippen LogP contribution in [0.5, 0.6) is 5.75 Å². The van der Waals surface area contributed by atoms with E-state index >= 15 is 0 Å². The zero-order chi connectivity index (χ0) is 11.2. The highest BCUT2D eigenvalue weighted by Gasteiger charge is 2.02. The summed E-state index contributed by atoms with van der Waals surface area (Å²) in [5, 5.41) is 0.777. The van der Waals surface area contributed by atoms with Gasteiger partial charge in [0.15, 0.2) is 5.82 Å². The fourth-order valence-electron chi connectivity index (χ4n) is 1.30. The van der Waals surface area contributed by atoms with Crippen molar-refractivity contribution < 1.29 is 4.74 Å². The minimum absolute atomic E-state index is 0.394. The maximum Gasteiger partial charge on any atom is 0.166 e. The molecule has 1 heterocycles. The van der Waals surface area contributed by atoms with Gasteiger partial charge in [0.1, 0.15) is 12.4 Å². The monoisotopic (exact) mass is 278 g/mol. The molecule has 2 rings (SSSR count). The molecule has 16 heavy (non-hydrogen) atoms. The number of benzene rings is 1. The Kier molecular flexibility index (Phi) is 3.88. The van der Waals surface area contributed by atoms with Gasteiger partial charge in [-0.25, -0.2) is 9.97 Å². The summed E-state index contributed by atoms with van der Waals surface area (Å²) in [6.45, 7) is 0.394. The quantitative estimate of drug-likeness (QED) is 0.807. The fraction of sp³-hybridized carbons (Fsp3) is 0.167. The predicted octanol–water partition coefficient (Wildman–Crippen LogP) is 2.95. The first kappa shape index (κ1) is 11.1. The average Bonchev–Trinajstić information content (AvgIpc) is 2.38. The third-order valence-corrected chi connectivity index (χ3v) is 2.70. The van der Waals surface area contributed by atoms with Crippen molar-refractivity contribution in [1.29, 1.82) is 0 Å². The van der Waals surface area contributed by atoms with E-state index in [-0.39, 0.29) is 0 Å². The zero-order valence-electron chi connectivity index (χ0n) is 8.64. The zero-order valence-corrected chi connectivity index (χ0v) is 10.2. The van der Waals surface area contributed by atoms with Gasteiger partial charge in [-0.1, -0.05) is 34.1 Å². The molecule has 4 heteroatoms. The Bertz CT molecular complexity index is 448. The molecule has 0 amide bonds. The van der Waals surface area contributed by atoms with Gasteiger partial charge in [0.2, 0.25) is 0 Å². The smallest absolute Gasteiger partial charge is 0.166 e. The Morgan fingerprint density at radius 3 is 2.56 bits per heavy atom. The lowest BCUT2D eigenvalue weighted by Crippen LogP contribution is -2.01. The highest BCUT2D eigenvalue weighted by atomic mass is 79.9. The molecule has 0 saturated carbocycles. The van der Waals surface area contributed by atoms with E-state index in [0.29, 0.717) is 12.4 Å². The second-order valence-corrected chi connectivity index (χ2v) is 3.76. The van der Waals surface area contributed by atoms with Crippen molar-refractivity contribution in [3.8, 4) is 5.75 Å². The third-order valence-electron chi connectivity index (χ3n) is 2.09. The van der Waals surface area contributed by atoms with E-state index < -0.39 is 0 Å². The molecule has 82 valence electrons. The molecule has 0 saturated heterocycles. The second kappa shape index (κ2) is 5.61. The molecular weight excluding hydrogens is 268 g/mol. The van der Waals surface area contributed by atoms with E-state index in [0.717, 1.165) is 16.6 Å². The van der Waals surface area contributed by atoms with Crippen LogP contribution in [0.4, 0.5) is 0 Å². The number of nitrogens with zero attached hydrogens (tertiary/aromatic N) is 2. The van der Waals surface area contributed by atoms with E-state index in [1.54, 1.807) is 18.5 Å². The van der Waals surface area contributed by atoms with Crippen molar-refractivity contribution in [2.45, 2.75) is 11.9 Å². The Hall–Kier alpha value is -1.42. The van der Waals surface area contributed by atoms with Gasteiger partial charge in [0.05, 0.1) is 0 Å². The van der Waals surface area contributed by atoms with Crippen LogP contribution < -0.4 is 4.74 Å². The minimum Gasteiger partial charge on any atom is -0.485 e. The summed E-state index contributed by atoms with van der Waals surface area (Å²) < 4.78 is 5.66. The number of ether oxygens (including phenoxy) is 1. The molecule has 0 unspecified atom stereocenters. The van der Waals surface area contributed by atoms with Crippen LogP contribution in [-0.4, -0.2) is 9.97 Å². The average molecular weight is 279 g/mol. The minimum atomic E-state index is 0.394. The molecule has 0 atom stereocenters. The second-order valence-electron chi connectivity index (χ2n) is 3.20. The largest absolute Gasteiger partial charge is 0.485 e. The lowest BCUT2D eigenvalue weighted by atomic mass is 10.2. The molecule has 0 N–H and O–H groups in total. The number of rotatable bonds is 4. The molecule has 0 aliphatic carbocycles. The first-order chi connectivity index (χ1) is 7.90. The number of aromatic nitrogens is 2. The number of para-hydroxylation sites is 1. The van der Waals surface area contributed by atoms with Crippen LogP contribution in [0, 0.1) is 0 Å². The van der Waals surface area contributed by atoms with Crippen molar-refractivity contribution in [2.75, 3.05) is 0 Å². The van der Waals surface area contributed by atoms with Gasteiger partial charge in [-0.05, 0) is 12.1 Å². The predicted molar refractivity (Wildman–Crippen MR) is 65.4 cm³/mol. The van der Waals surface area contributed by atoms with Crippen LogP contribution in [0.1, 0.15) is 11.4 Å². The van der Waals surface area contributed by atoms with Gasteiger partial charge in [-0.2, -0.15) is 0 Å². The Labute approximate surface area is 103 Å². The van der Waals surface area contributed by atoms with Crippen LogP contribution in [0.2, 0.25) is 0 Å². The van der Waals surface area contributed by atoms with Gasteiger partial charge < -0.3 is 4.74 Å². The number of hydrogen-bond donors (Lipinski definition) is 0. The van der Waals surface area contributed by atoms with Crippen molar-refractivity contribution in [3.05, 3.63) is 54.1 Å². The Morgan fingerprint density at radius 2 is 1.81 bits per heavy atom. The van der Waals surface area contributed by atoms with Gasteiger partial charge >= 0.3 is 0 Å². The standard InChI is InChI=1S/C12H11BrN2O/c13-8-10-4-1-2-5-11(10)16-9-12-14-6-3-7-15-12/h1-7H,8-9H2. The van der Waals surface area contributed by atoms with Gasteiger partial charge in [0, 0.05) is 23.3 Å². The van der Waals surface area contributed by atoms with Crippen molar-refractivity contribution in [3.63, 3.8) is 0 Å². The summed E-state index contributed by atoms with van der Waals surface area (Å²) in [6.07, 6.45) is 3.42. The maximum absolute atomic E-state index is 5.66. The normalized spacial score (nSPS) is 10.1. The topological polar surface area (TPSA) is 35.0 Å². The molecule has 0 fully saturated rings. The maximum atomic E-state index is 5.66. The van der Waals surface area contributed by atoms with E-state index in [1.165, 1.54) is 0 Å². The van der Waals surface area contributed by atoms with Gasteiger partial charge in [-0.15, -0.1) is 0 Å². The van der Waals surface area contributed by atoms with Crippen LogP contribution in [0.3, 0.4) is 0 Å². The summed E-state index contributed by atoms with van der Waals surface area (Å²) >= 11 is 3.42.